The van der Waals surface area contributed by atoms with Crippen molar-refractivity contribution in [3.8, 4) is 0 Å². The highest BCUT2D eigenvalue weighted by atomic mass is 19.2. The molecule has 0 aliphatic rings. The van der Waals surface area contributed by atoms with Gasteiger partial charge in [0.1, 0.15) is 5.82 Å². The maximum absolute atomic E-state index is 13.0. The zero-order valence-corrected chi connectivity index (χ0v) is 7.15. The van der Waals surface area contributed by atoms with Gasteiger partial charge in [0.05, 0.1) is 0 Å². The van der Waals surface area contributed by atoms with Gasteiger partial charge in [-0.15, -0.1) is 6.58 Å². The second-order valence-electron chi connectivity index (χ2n) is 2.82. The molecule has 1 atom stereocenters. The van der Waals surface area contributed by atoms with Crippen molar-refractivity contribution in [2.24, 2.45) is 0 Å². The smallest absolute Gasteiger partial charge is 0.162 e. The van der Waals surface area contributed by atoms with Crippen molar-refractivity contribution in [3.63, 3.8) is 0 Å². The fourth-order valence-corrected chi connectivity index (χ4v) is 1.03. The van der Waals surface area contributed by atoms with Crippen molar-refractivity contribution in [3.05, 3.63) is 47.8 Å². The number of halogens is 3. The molecule has 0 nitrogen and oxygen atoms in total. The van der Waals surface area contributed by atoms with Crippen LogP contribution in [0.25, 0.3) is 0 Å². The third-order valence-electron chi connectivity index (χ3n) is 1.87. The monoisotopic (exact) mass is 186 g/mol. The van der Waals surface area contributed by atoms with Gasteiger partial charge in [-0.2, -0.15) is 0 Å². The molecule has 0 amide bonds. The Morgan fingerprint density at radius 1 is 1.31 bits per heavy atom. The van der Waals surface area contributed by atoms with Crippen molar-refractivity contribution < 1.29 is 13.2 Å². The third kappa shape index (κ3) is 1.91. The Kier molecular flexibility index (Phi) is 2.76. The van der Waals surface area contributed by atoms with Crippen LogP contribution >= 0.6 is 0 Å². The van der Waals surface area contributed by atoms with E-state index in [1.54, 1.807) is 6.92 Å². The Morgan fingerprint density at radius 2 is 1.92 bits per heavy atom. The van der Waals surface area contributed by atoms with Gasteiger partial charge in [0.25, 0.3) is 0 Å². The standard InChI is InChI=1S/C10H9F3/c1-3-6(2)8-4-7(11)5-9(12)10(8)13/h3-6H,1H2,2H3. The molecule has 0 fully saturated rings. The van der Waals surface area contributed by atoms with Crippen molar-refractivity contribution in [1.82, 2.24) is 0 Å². The number of hydrogen-bond donors (Lipinski definition) is 0. The summed E-state index contributed by atoms with van der Waals surface area (Å²) in [7, 11) is 0. The predicted molar refractivity (Wildman–Crippen MR) is 44.9 cm³/mol. The summed E-state index contributed by atoms with van der Waals surface area (Å²) in [5.74, 6) is -3.34. The molecule has 1 aromatic carbocycles. The van der Waals surface area contributed by atoms with Crippen LogP contribution < -0.4 is 0 Å². The van der Waals surface area contributed by atoms with E-state index in [0.29, 0.717) is 6.07 Å². The van der Waals surface area contributed by atoms with Gasteiger partial charge in [-0.25, -0.2) is 13.2 Å². The van der Waals surface area contributed by atoms with Crippen LogP contribution in [0.3, 0.4) is 0 Å². The van der Waals surface area contributed by atoms with Crippen molar-refractivity contribution in [1.29, 1.82) is 0 Å². The molecule has 1 rings (SSSR count). The summed E-state index contributed by atoms with van der Waals surface area (Å²) < 4.78 is 38.4. The summed E-state index contributed by atoms with van der Waals surface area (Å²) in [4.78, 5) is 0. The van der Waals surface area contributed by atoms with Gasteiger partial charge in [-0.3, -0.25) is 0 Å². The summed E-state index contributed by atoms with van der Waals surface area (Å²) in [5.41, 5.74) is -0.00694. The minimum atomic E-state index is -1.16. The SMILES string of the molecule is C=CC(C)c1cc(F)cc(F)c1F. The van der Waals surface area contributed by atoms with Crippen LogP contribution in [0.2, 0.25) is 0 Å². The number of hydrogen-bond acceptors (Lipinski definition) is 0. The first-order chi connectivity index (χ1) is 6.06. The zero-order chi connectivity index (χ0) is 10.0. The summed E-state index contributed by atoms with van der Waals surface area (Å²) in [6.45, 7) is 5.04. The van der Waals surface area contributed by atoms with E-state index >= 15 is 0 Å². The van der Waals surface area contributed by atoms with Gasteiger partial charge in [0, 0.05) is 17.5 Å². The van der Waals surface area contributed by atoms with E-state index in [1.807, 2.05) is 0 Å². The van der Waals surface area contributed by atoms with Gasteiger partial charge in [-0.1, -0.05) is 13.0 Å². The van der Waals surface area contributed by atoms with Gasteiger partial charge in [0.15, 0.2) is 11.6 Å². The van der Waals surface area contributed by atoms with E-state index < -0.39 is 23.4 Å². The lowest BCUT2D eigenvalue weighted by atomic mass is 10.0. The minimum absolute atomic E-state index is 0.00694. The molecule has 0 aliphatic heterocycles. The van der Waals surface area contributed by atoms with E-state index in [-0.39, 0.29) is 5.56 Å². The molecular weight excluding hydrogens is 177 g/mol. The maximum atomic E-state index is 13.0. The first-order valence-electron chi connectivity index (χ1n) is 3.83. The van der Waals surface area contributed by atoms with Crippen LogP contribution in [0, 0.1) is 17.5 Å². The molecule has 13 heavy (non-hydrogen) atoms. The highest BCUT2D eigenvalue weighted by Crippen LogP contribution is 2.22. The Hall–Kier alpha value is -1.25. The summed E-state index contributed by atoms with van der Waals surface area (Å²) in [5, 5.41) is 0. The molecule has 0 aromatic heterocycles. The fraction of sp³-hybridized carbons (Fsp3) is 0.200. The lowest BCUT2D eigenvalue weighted by Gasteiger charge is -2.08. The van der Waals surface area contributed by atoms with E-state index in [4.69, 9.17) is 0 Å². The Morgan fingerprint density at radius 3 is 2.46 bits per heavy atom. The molecule has 1 aromatic rings. The molecule has 0 saturated carbocycles. The summed E-state index contributed by atoms with van der Waals surface area (Å²) >= 11 is 0. The fourth-order valence-electron chi connectivity index (χ4n) is 1.03. The highest BCUT2D eigenvalue weighted by Gasteiger charge is 2.14. The Labute approximate surface area is 74.7 Å². The van der Waals surface area contributed by atoms with Gasteiger partial charge in [0.2, 0.25) is 0 Å². The lowest BCUT2D eigenvalue weighted by Crippen LogP contribution is -1.98. The van der Waals surface area contributed by atoms with Crippen LogP contribution in [-0.4, -0.2) is 0 Å². The second-order valence-corrected chi connectivity index (χ2v) is 2.82. The summed E-state index contributed by atoms with van der Waals surface area (Å²) in [6, 6.07) is 1.50. The Bertz CT molecular complexity index is 331. The average Bonchev–Trinajstić information content (AvgIpc) is 2.10. The minimum Gasteiger partial charge on any atom is -0.207 e. The van der Waals surface area contributed by atoms with E-state index in [9.17, 15) is 13.2 Å². The molecule has 3 heteroatoms. The van der Waals surface area contributed by atoms with Crippen molar-refractivity contribution in [2.45, 2.75) is 12.8 Å². The first-order valence-corrected chi connectivity index (χ1v) is 3.83. The third-order valence-corrected chi connectivity index (χ3v) is 1.87. The lowest BCUT2D eigenvalue weighted by molar-refractivity contribution is 0.482. The van der Waals surface area contributed by atoms with Gasteiger partial charge in [-0.05, 0) is 6.07 Å². The molecule has 0 N–H and O–H groups in total. The molecule has 70 valence electrons. The van der Waals surface area contributed by atoms with E-state index in [2.05, 4.69) is 6.58 Å². The highest BCUT2D eigenvalue weighted by molar-refractivity contribution is 5.26. The van der Waals surface area contributed by atoms with Crippen LogP contribution in [0.5, 0.6) is 0 Å². The predicted octanol–water partition coefficient (Wildman–Crippen LogP) is 3.39. The molecule has 0 radical (unpaired) electrons. The van der Waals surface area contributed by atoms with Crippen LogP contribution in [-0.2, 0) is 0 Å². The van der Waals surface area contributed by atoms with Crippen LogP contribution in [0.4, 0.5) is 13.2 Å². The average molecular weight is 186 g/mol. The molecule has 0 aliphatic carbocycles. The van der Waals surface area contributed by atoms with Gasteiger partial charge >= 0.3 is 0 Å². The van der Waals surface area contributed by atoms with Crippen molar-refractivity contribution >= 4 is 0 Å². The number of rotatable bonds is 2. The quantitative estimate of drug-likeness (QED) is 0.490. The van der Waals surface area contributed by atoms with Crippen molar-refractivity contribution in [2.75, 3.05) is 0 Å². The zero-order valence-electron chi connectivity index (χ0n) is 7.15. The Balaban J connectivity index is 3.27. The number of allylic oxidation sites excluding steroid dienone is 1. The maximum Gasteiger partial charge on any atom is 0.162 e. The van der Waals surface area contributed by atoms with E-state index in [1.165, 1.54) is 6.08 Å². The molecule has 0 heterocycles. The molecule has 0 spiro atoms. The summed E-state index contributed by atoms with van der Waals surface area (Å²) in [6.07, 6.45) is 1.43. The molecular formula is C10H9F3. The number of benzene rings is 1. The second kappa shape index (κ2) is 3.64. The first kappa shape index (κ1) is 9.84. The molecule has 1 unspecified atom stereocenters. The molecule has 0 saturated heterocycles. The normalized spacial score (nSPS) is 12.6. The molecule has 0 bridgehead atoms. The van der Waals surface area contributed by atoms with E-state index in [0.717, 1.165) is 6.07 Å². The van der Waals surface area contributed by atoms with Gasteiger partial charge < -0.3 is 0 Å². The van der Waals surface area contributed by atoms with Crippen LogP contribution in [0.15, 0.2) is 24.8 Å². The topological polar surface area (TPSA) is 0 Å². The largest absolute Gasteiger partial charge is 0.207 e. The van der Waals surface area contributed by atoms with Crippen LogP contribution in [0.1, 0.15) is 18.4 Å².